The quantitative estimate of drug-likeness (QED) is 0.196. The zero-order valence-electron chi connectivity index (χ0n) is 22.9. The number of pyridine rings is 1. The summed E-state index contributed by atoms with van der Waals surface area (Å²) >= 11 is 12.3. The van der Waals surface area contributed by atoms with Crippen LogP contribution in [0.2, 0.25) is 5.02 Å². The Hall–Kier alpha value is -4.33. The van der Waals surface area contributed by atoms with E-state index in [1.165, 1.54) is 0 Å². The predicted octanol–water partition coefficient (Wildman–Crippen LogP) is 8.12. The average Bonchev–Trinajstić information content (AvgIpc) is 3.49. The maximum Gasteiger partial charge on any atom is 0.174 e. The topological polar surface area (TPSA) is 51.6 Å². The van der Waals surface area contributed by atoms with Crippen LogP contribution in [0.4, 0.5) is 5.69 Å². The number of aryl methyl sites for hydroxylation is 1. The van der Waals surface area contributed by atoms with E-state index in [0.717, 1.165) is 51.3 Å². The van der Waals surface area contributed by atoms with Gasteiger partial charge in [0.1, 0.15) is 17.2 Å². The number of methoxy groups -OCH3 is 1. The van der Waals surface area contributed by atoms with Gasteiger partial charge >= 0.3 is 0 Å². The molecule has 0 radical (unpaired) electrons. The molecule has 0 bridgehead atoms. The summed E-state index contributed by atoms with van der Waals surface area (Å²) in [5, 5.41) is 4.90. The molecule has 41 heavy (non-hydrogen) atoms. The molecule has 0 amide bonds. The zero-order chi connectivity index (χ0) is 28.5. The monoisotopic (exact) mass is 580 g/mol. The molecule has 1 N–H and O–H groups in total. The van der Waals surface area contributed by atoms with Crippen LogP contribution < -0.4 is 19.7 Å². The lowest BCUT2D eigenvalue weighted by Gasteiger charge is -2.28. The second-order valence-corrected chi connectivity index (χ2v) is 10.7. The van der Waals surface area contributed by atoms with E-state index in [-0.39, 0.29) is 12.1 Å². The number of anilines is 1. The molecule has 6 nitrogen and oxygen atoms in total. The number of ether oxygens (including phenoxy) is 2. The predicted molar refractivity (Wildman–Crippen MR) is 168 cm³/mol. The van der Waals surface area contributed by atoms with Crippen molar-refractivity contribution in [2.45, 2.75) is 25.9 Å². The third-order valence-corrected chi connectivity index (χ3v) is 7.91. The minimum Gasteiger partial charge on any atom is -0.497 e. The van der Waals surface area contributed by atoms with Gasteiger partial charge in [0.25, 0.3) is 0 Å². The van der Waals surface area contributed by atoms with Crippen molar-refractivity contribution in [3.63, 3.8) is 0 Å². The number of halogens is 1. The fourth-order valence-electron chi connectivity index (χ4n) is 5.50. The van der Waals surface area contributed by atoms with Crippen LogP contribution in [-0.4, -0.2) is 21.8 Å². The van der Waals surface area contributed by atoms with E-state index < -0.39 is 0 Å². The molecule has 1 fully saturated rings. The molecule has 3 heterocycles. The molecule has 1 aliphatic rings. The van der Waals surface area contributed by atoms with Crippen LogP contribution in [0, 0.1) is 13.8 Å². The summed E-state index contributed by atoms with van der Waals surface area (Å²) in [4.78, 5) is 6.88. The van der Waals surface area contributed by atoms with Crippen molar-refractivity contribution in [3.8, 4) is 22.9 Å². The van der Waals surface area contributed by atoms with E-state index >= 15 is 0 Å². The molecule has 5 aromatic rings. The molecule has 206 valence electrons. The van der Waals surface area contributed by atoms with Crippen LogP contribution in [0.15, 0.2) is 103 Å². The van der Waals surface area contributed by atoms with Gasteiger partial charge in [-0.2, -0.15) is 0 Å². The number of hydrogen-bond acceptors (Lipinski definition) is 4. The smallest absolute Gasteiger partial charge is 0.174 e. The van der Waals surface area contributed by atoms with Gasteiger partial charge in [-0.25, -0.2) is 0 Å². The second kappa shape index (κ2) is 11.3. The maximum absolute atomic E-state index is 6.36. The number of benzene rings is 3. The summed E-state index contributed by atoms with van der Waals surface area (Å²) in [6, 6.07) is 31.4. The highest BCUT2D eigenvalue weighted by Gasteiger charge is 2.42. The second-order valence-electron chi connectivity index (χ2n) is 9.91. The van der Waals surface area contributed by atoms with E-state index in [2.05, 4.69) is 40.8 Å². The normalized spacial score (nSPS) is 16.5. The fraction of sp³-hybridized carbons (Fsp3) is 0.152. The van der Waals surface area contributed by atoms with Gasteiger partial charge in [-0.05, 0) is 117 Å². The van der Waals surface area contributed by atoms with Crippen molar-refractivity contribution in [2.24, 2.45) is 0 Å². The van der Waals surface area contributed by atoms with Crippen LogP contribution in [0.1, 0.15) is 34.7 Å². The molecule has 0 saturated carbocycles. The molecule has 6 rings (SSSR count). The number of hydrogen-bond donors (Lipinski definition) is 1. The lowest BCUT2D eigenvalue weighted by atomic mass is 9.96. The fourth-order valence-corrected chi connectivity index (χ4v) is 6.03. The highest BCUT2D eigenvalue weighted by Crippen LogP contribution is 2.44. The Morgan fingerprint density at radius 3 is 2.20 bits per heavy atom. The van der Waals surface area contributed by atoms with Crippen LogP contribution in [-0.2, 0) is 0 Å². The molecule has 8 heteroatoms. The summed E-state index contributed by atoms with van der Waals surface area (Å²) in [6.07, 6.45) is 1.82. The third-order valence-electron chi connectivity index (χ3n) is 7.36. The molecule has 2 aromatic heterocycles. The van der Waals surface area contributed by atoms with Gasteiger partial charge in [0, 0.05) is 34.0 Å². The number of rotatable bonds is 7. The van der Waals surface area contributed by atoms with Gasteiger partial charge in [0.05, 0.1) is 24.9 Å². The van der Waals surface area contributed by atoms with Gasteiger partial charge in [0.15, 0.2) is 5.11 Å². The number of thiocarbonyl (C=S) groups is 1. The van der Waals surface area contributed by atoms with Crippen LogP contribution in [0.3, 0.4) is 0 Å². The summed E-state index contributed by atoms with van der Waals surface area (Å²) in [7, 11) is 1.65. The largest absolute Gasteiger partial charge is 0.497 e. The van der Waals surface area contributed by atoms with Crippen molar-refractivity contribution < 1.29 is 9.47 Å². The molecule has 1 saturated heterocycles. The van der Waals surface area contributed by atoms with Crippen molar-refractivity contribution in [1.29, 1.82) is 0 Å². The van der Waals surface area contributed by atoms with E-state index in [9.17, 15) is 0 Å². The highest BCUT2D eigenvalue weighted by molar-refractivity contribution is 7.80. The maximum atomic E-state index is 6.36. The zero-order valence-corrected chi connectivity index (χ0v) is 24.5. The Morgan fingerprint density at radius 2 is 1.54 bits per heavy atom. The molecule has 1 aliphatic heterocycles. The molecular weight excluding hydrogens is 552 g/mol. The van der Waals surface area contributed by atoms with E-state index in [1.54, 1.807) is 7.11 Å². The van der Waals surface area contributed by atoms with Gasteiger partial charge in [0.2, 0.25) is 0 Å². The van der Waals surface area contributed by atoms with Crippen LogP contribution in [0.25, 0.3) is 5.69 Å². The number of aromatic nitrogens is 2. The molecule has 0 unspecified atom stereocenters. The van der Waals surface area contributed by atoms with Crippen molar-refractivity contribution in [3.05, 3.63) is 131 Å². The minimum absolute atomic E-state index is 0.134. The summed E-state index contributed by atoms with van der Waals surface area (Å²) in [6.45, 7) is 4.26. The van der Waals surface area contributed by atoms with Gasteiger partial charge in [-0.3, -0.25) is 4.98 Å². The van der Waals surface area contributed by atoms with Gasteiger partial charge in [-0.15, -0.1) is 0 Å². The minimum atomic E-state index is -0.146. The molecule has 3 aromatic carbocycles. The Labute approximate surface area is 250 Å². The highest BCUT2D eigenvalue weighted by atomic mass is 35.5. The lowest BCUT2D eigenvalue weighted by molar-refractivity contribution is 0.413. The summed E-state index contributed by atoms with van der Waals surface area (Å²) in [5.41, 5.74) is 6.29. The van der Waals surface area contributed by atoms with Crippen LogP contribution in [0.5, 0.6) is 17.2 Å². The van der Waals surface area contributed by atoms with Crippen LogP contribution >= 0.6 is 23.8 Å². The Morgan fingerprint density at radius 1 is 0.829 bits per heavy atom. The SMILES string of the molecule is COc1ccc(Oc2ccc(N3C(=S)N[C@@H](c4ccccn4)[C@H]3c3cc(C)n(-c4cccc(Cl)c4)c3C)cc2)cc1. The Kier molecular flexibility index (Phi) is 7.39. The van der Waals surface area contributed by atoms with Crippen molar-refractivity contribution >= 4 is 34.6 Å². The van der Waals surface area contributed by atoms with Crippen molar-refractivity contribution in [2.75, 3.05) is 12.0 Å². The number of nitrogens with one attached hydrogen (secondary N) is 1. The Bertz CT molecular complexity index is 1690. The van der Waals surface area contributed by atoms with E-state index in [0.29, 0.717) is 10.1 Å². The Balaban J connectivity index is 1.39. The summed E-state index contributed by atoms with van der Waals surface area (Å²) in [5.74, 6) is 2.25. The first-order valence-corrected chi connectivity index (χ1v) is 14.1. The first-order valence-electron chi connectivity index (χ1n) is 13.3. The first-order chi connectivity index (χ1) is 19.9. The first kappa shape index (κ1) is 26.9. The molecule has 2 atom stereocenters. The lowest BCUT2D eigenvalue weighted by Crippen LogP contribution is -2.29. The van der Waals surface area contributed by atoms with E-state index in [4.69, 9.17) is 38.3 Å². The summed E-state index contributed by atoms with van der Waals surface area (Å²) < 4.78 is 13.6. The molecule has 0 spiro atoms. The third kappa shape index (κ3) is 5.26. The van der Waals surface area contributed by atoms with Gasteiger partial charge in [-0.1, -0.05) is 23.7 Å². The molecular formula is C33H29ClN4O2S. The average molecular weight is 581 g/mol. The molecule has 0 aliphatic carbocycles. The number of nitrogens with zero attached hydrogens (tertiary/aromatic N) is 3. The van der Waals surface area contributed by atoms with Gasteiger partial charge < -0.3 is 24.3 Å². The van der Waals surface area contributed by atoms with Crippen molar-refractivity contribution in [1.82, 2.24) is 14.9 Å². The standard InChI is InChI=1S/C33H29ClN4O2S/c1-21-19-29(22(2)37(21)25-8-6-7-23(34)20-25)32-31(30-9-4-5-18-35-30)36-33(41)38(32)24-10-12-27(13-11-24)40-28-16-14-26(39-3)15-17-28/h4-20,31-32H,1-3H3,(H,36,41)/t31-,32+/m0/s1. The van der Waals surface area contributed by atoms with E-state index in [1.807, 2.05) is 91.1 Å².